The van der Waals surface area contributed by atoms with Gasteiger partial charge in [0, 0.05) is 5.39 Å². The van der Waals surface area contributed by atoms with E-state index in [1.807, 2.05) is 31.2 Å². The molecule has 0 bridgehead atoms. The van der Waals surface area contributed by atoms with Crippen molar-refractivity contribution < 1.29 is 14.3 Å². The van der Waals surface area contributed by atoms with Gasteiger partial charge in [0.2, 0.25) is 5.76 Å². The molecule has 0 amide bonds. The molecule has 0 saturated carbocycles. The van der Waals surface area contributed by atoms with Gasteiger partial charge in [0.1, 0.15) is 5.58 Å². The highest BCUT2D eigenvalue weighted by Crippen LogP contribution is 2.29. The van der Waals surface area contributed by atoms with E-state index in [-0.39, 0.29) is 5.76 Å². The summed E-state index contributed by atoms with van der Waals surface area (Å²) in [6, 6.07) is 15.9. The molecule has 22 heavy (non-hydrogen) atoms. The third-order valence-corrected chi connectivity index (χ3v) is 3.94. The summed E-state index contributed by atoms with van der Waals surface area (Å²) in [6.45, 7) is 4.19. The summed E-state index contributed by atoms with van der Waals surface area (Å²) in [7, 11) is 0. The highest BCUT2D eigenvalue weighted by atomic mass is 16.4. The summed E-state index contributed by atoms with van der Waals surface area (Å²) < 4.78 is 5.55. The van der Waals surface area contributed by atoms with Crippen molar-refractivity contribution in [3.63, 3.8) is 0 Å². The highest BCUT2D eigenvalue weighted by molar-refractivity contribution is 5.92. The van der Waals surface area contributed by atoms with Crippen LogP contribution in [0.4, 0.5) is 0 Å². The van der Waals surface area contributed by atoms with Gasteiger partial charge in [-0.3, -0.25) is 0 Å². The normalized spacial score (nSPS) is 12.5. The van der Waals surface area contributed by atoms with Crippen LogP contribution in [0.3, 0.4) is 0 Å². The largest absolute Gasteiger partial charge is 0.475 e. The average molecular weight is 294 g/mol. The lowest BCUT2D eigenvalue weighted by atomic mass is 9.92. The number of fused-ring (bicyclic) bond motifs is 1. The predicted octanol–water partition coefficient (Wildman–Crippen LogP) is 4.79. The lowest BCUT2D eigenvalue weighted by Crippen LogP contribution is -1.99. The first kappa shape index (κ1) is 14.4. The van der Waals surface area contributed by atoms with E-state index in [0.29, 0.717) is 11.5 Å². The second kappa shape index (κ2) is 5.68. The van der Waals surface area contributed by atoms with E-state index >= 15 is 0 Å². The Kier molecular flexibility index (Phi) is 3.72. The molecule has 1 heterocycles. The molecule has 3 nitrogen and oxygen atoms in total. The Morgan fingerprint density at radius 1 is 1.18 bits per heavy atom. The Balaban J connectivity index is 2.01. The Bertz CT molecular complexity index is 815. The number of aromatic carboxylic acids is 1. The van der Waals surface area contributed by atoms with Gasteiger partial charge in [-0.05, 0) is 48.1 Å². The predicted molar refractivity (Wildman–Crippen MR) is 86.5 cm³/mol. The SMILES string of the molecule is Cc1cc(C[C@@H](C)c2ccccc2)c2oc(C(=O)O)cc2c1. The van der Waals surface area contributed by atoms with Gasteiger partial charge in [-0.1, -0.05) is 43.3 Å². The maximum Gasteiger partial charge on any atom is 0.371 e. The number of furan rings is 1. The lowest BCUT2D eigenvalue weighted by Gasteiger charge is -2.12. The smallest absolute Gasteiger partial charge is 0.371 e. The van der Waals surface area contributed by atoms with Crippen LogP contribution in [-0.4, -0.2) is 11.1 Å². The van der Waals surface area contributed by atoms with Crippen LogP contribution < -0.4 is 0 Å². The molecule has 112 valence electrons. The number of aryl methyl sites for hydroxylation is 1. The molecule has 2 aromatic carbocycles. The number of benzene rings is 2. The summed E-state index contributed by atoms with van der Waals surface area (Å²) >= 11 is 0. The molecule has 0 unspecified atom stereocenters. The van der Waals surface area contributed by atoms with Gasteiger partial charge in [0.25, 0.3) is 0 Å². The van der Waals surface area contributed by atoms with Crippen LogP contribution >= 0.6 is 0 Å². The van der Waals surface area contributed by atoms with Crippen LogP contribution in [0.15, 0.2) is 52.9 Å². The van der Waals surface area contributed by atoms with E-state index in [1.54, 1.807) is 6.07 Å². The van der Waals surface area contributed by atoms with E-state index in [9.17, 15) is 4.79 Å². The molecule has 0 aliphatic heterocycles. The van der Waals surface area contributed by atoms with Crippen LogP contribution in [0.5, 0.6) is 0 Å². The second-order valence-corrected chi connectivity index (χ2v) is 5.77. The molecule has 1 N–H and O–H groups in total. The maximum atomic E-state index is 11.1. The number of carbonyl (C=O) groups is 1. The first-order valence-electron chi connectivity index (χ1n) is 7.36. The zero-order valence-corrected chi connectivity index (χ0v) is 12.7. The Morgan fingerprint density at radius 3 is 2.59 bits per heavy atom. The van der Waals surface area contributed by atoms with Gasteiger partial charge in [0.15, 0.2) is 0 Å². The molecule has 3 aromatic rings. The van der Waals surface area contributed by atoms with Crippen molar-refractivity contribution in [3.8, 4) is 0 Å². The third-order valence-electron chi connectivity index (χ3n) is 3.94. The van der Waals surface area contributed by atoms with Crippen molar-refractivity contribution in [2.24, 2.45) is 0 Å². The van der Waals surface area contributed by atoms with Crippen LogP contribution in [0.2, 0.25) is 0 Å². The fourth-order valence-corrected chi connectivity index (χ4v) is 2.88. The van der Waals surface area contributed by atoms with Crippen molar-refractivity contribution >= 4 is 16.9 Å². The number of hydrogen-bond donors (Lipinski definition) is 1. The molecular weight excluding hydrogens is 276 g/mol. The highest BCUT2D eigenvalue weighted by Gasteiger charge is 2.16. The molecule has 0 aliphatic carbocycles. The fourth-order valence-electron chi connectivity index (χ4n) is 2.88. The van der Waals surface area contributed by atoms with Crippen LogP contribution in [0.25, 0.3) is 11.0 Å². The number of hydrogen-bond acceptors (Lipinski definition) is 2. The fraction of sp³-hybridized carbons (Fsp3) is 0.211. The van der Waals surface area contributed by atoms with Gasteiger partial charge in [-0.25, -0.2) is 4.79 Å². The number of carboxylic acids is 1. The average Bonchev–Trinajstić information content (AvgIpc) is 2.92. The van der Waals surface area contributed by atoms with Gasteiger partial charge in [0.05, 0.1) is 0 Å². The van der Waals surface area contributed by atoms with Gasteiger partial charge >= 0.3 is 5.97 Å². The monoisotopic (exact) mass is 294 g/mol. The van der Waals surface area contributed by atoms with Crippen LogP contribution in [0.1, 0.15) is 40.1 Å². The van der Waals surface area contributed by atoms with Crippen molar-refractivity contribution in [3.05, 3.63) is 71.0 Å². The minimum Gasteiger partial charge on any atom is -0.475 e. The zero-order chi connectivity index (χ0) is 15.7. The maximum absolute atomic E-state index is 11.1. The minimum absolute atomic E-state index is 0.00536. The summed E-state index contributed by atoms with van der Waals surface area (Å²) in [5.74, 6) is -0.699. The summed E-state index contributed by atoms with van der Waals surface area (Å²) in [5.41, 5.74) is 4.12. The van der Waals surface area contributed by atoms with Crippen molar-refractivity contribution in [2.75, 3.05) is 0 Å². The molecule has 0 fully saturated rings. The summed E-state index contributed by atoms with van der Waals surface area (Å²) in [6.07, 6.45) is 0.814. The number of rotatable bonds is 4. The second-order valence-electron chi connectivity index (χ2n) is 5.77. The molecule has 3 heteroatoms. The van der Waals surface area contributed by atoms with E-state index in [0.717, 1.165) is 22.9 Å². The van der Waals surface area contributed by atoms with Crippen molar-refractivity contribution in [2.45, 2.75) is 26.2 Å². The van der Waals surface area contributed by atoms with Crippen LogP contribution in [-0.2, 0) is 6.42 Å². The van der Waals surface area contributed by atoms with Crippen molar-refractivity contribution in [1.82, 2.24) is 0 Å². The topological polar surface area (TPSA) is 50.4 Å². The van der Waals surface area contributed by atoms with Crippen molar-refractivity contribution in [1.29, 1.82) is 0 Å². The van der Waals surface area contributed by atoms with E-state index < -0.39 is 5.97 Å². The van der Waals surface area contributed by atoms with Crippen LogP contribution in [0, 0.1) is 6.92 Å². The number of carboxylic acid groups (broad SMARTS) is 1. The molecule has 0 aliphatic rings. The molecular formula is C19H18O3. The summed E-state index contributed by atoms with van der Waals surface area (Å²) in [4.78, 5) is 11.1. The molecule has 1 aromatic heterocycles. The minimum atomic E-state index is -1.03. The Hall–Kier alpha value is -2.55. The molecule has 0 radical (unpaired) electrons. The zero-order valence-electron chi connectivity index (χ0n) is 12.7. The molecule has 0 saturated heterocycles. The van der Waals surface area contributed by atoms with E-state index in [2.05, 4.69) is 25.1 Å². The van der Waals surface area contributed by atoms with E-state index in [4.69, 9.17) is 9.52 Å². The lowest BCUT2D eigenvalue weighted by molar-refractivity contribution is 0.0665. The first-order chi connectivity index (χ1) is 10.5. The Labute approximate surface area is 129 Å². The Morgan fingerprint density at radius 2 is 1.91 bits per heavy atom. The van der Waals surface area contributed by atoms with Gasteiger partial charge < -0.3 is 9.52 Å². The molecule has 3 rings (SSSR count). The standard InChI is InChI=1S/C19H18O3/c1-12-8-15(10-13(2)14-6-4-3-5-7-14)18-16(9-12)11-17(22-18)19(20)21/h3-9,11,13H,10H2,1-2H3,(H,20,21)/t13-/m1/s1. The van der Waals surface area contributed by atoms with Gasteiger partial charge in [-0.2, -0.15) is 0 Å². The van der Waals surface area contributed by atoms with E-state index in [1.165, 1.54) is 5.56 Å². The molecule has 1 atom stereocenters. The quantitative estimate of drug-likeness (QED) is 0.753. The van der Waals surface area contributed by atoms with Gasteiger partial charge in [-0.15, -0.1) is 0 Å². The first-order valence-corrected chi connectivity index (χ1v) is 7.36. The third kappa shape index (κ3) is 2.75. The summed E-state index contributed by atoms with van der Waals surface area (Å²) in [5, 5.41) is 9.97. The molecule has 0 spiro atoms.